The number of carbonyl (C=O) groups excluding carboxylic acids is 2. The molecule has 1 amide bonds. The number of amides is 1. The molecule has 3 heterocycles. The second-order valence-electron chi connectivity index (χ2n) is 6.40. The van der Waals surface area contributed by atoms with Gasteiger partial charge in [-0.25, -0.2) is 14.8 Å². The zero-order valence-corrected chi connectivity index (χ0v) is 14.1. The molecule has 0 bridgehead atoms. The van der Waals surface area contributed by atoms with E-state index in [1.54, 1.807) is 13.0 Å². The fraction of sp³-hybridized carbons (Fsp3) is 0.333. The molecule has 128 valence electrons. The second kappa shape index (κ2) is 5.54. The lowest BCUT2D eigenvalue weighted by molar-refractivity contribution is -0.120. The van der Waals surface area contributed by atoms with Crippen LogP contribution in [0.2, 0.25) is 0 Å². The lowest BCUT2D eigenvalue weighted by Crippen LogP contribution is -2.37. The molecule has 1 N–H and O–H groups in total. The maximum atomic E-state index is 12.7. The summed E-state index contributed by atoms with van der Waals surface area (Å²) in [6.07, 6.45) is 0.701. The monoisotopic (exact) mass is 338 g/mol. The topological polar surface area (TPSA) is 84.4 Å². The molecule has 7 heteroatoms. The van der Waals surface area contributed by atoms with Gasteiger partial charge in [0.25, 0.3) is 0 Å². The highest BCUT2D eigenvalue weighted by atomic mass is 16.5. The first-order chi connectivity index (χ1) is 12.0. The van der Waals surface area contributed by atoms with Gasteiger partial charge in [0.2, 0.25) is 5.91 Å². The van der Waals surface area contributed by atoms with Crippen LogP contribution in [0.3, 0.4) is 0 Å². The molecule has 7 nitrogen and oxygen atoms in total. The Hall–Kier alpha value is -2.96. The quantitative estimate of drug-likeness (QED) is 0.839. The van der Waals surface area contributed by atoms with Gasteiger partial charge in [-0.05, 0) is 25.0 Å². The van der Waals surface area contributed by atoms with E-state index in [0.29, 0.717) is 31.2 Å². The van der Waals surface area contributed by atoms with E-state index in [1.807, 2.05) is 29.2 Å². The lowest BCUT2D eigenvalue weighted by atomic mass is 9.81. The number of aryl methyl sites for hydroxylation is 1. The van der Waals surface area contributed by atoms with E-state index in [2.05, 4.69) is 15.3 Å². The zero-order valence-electron chi connectivity index (χ0n) is 14.1. The molecule has 1 saturated heterocycles. The Morgan fingerprint density at radius 1 is 1.32 bits per heavy atom. The summed E-state index contributed by atoms with van der Waals surface area (Å²) >= 11 is 0. The SMILES string of the molecule is COC(=O)c1cc(N2CCC3(C2)C(=O)Nc2ccccc23)nc(C)n1. The van der Waals surface area contributed by atoms with E-state index < -0.39 is 11.4 Å². The van der Waals surface area contributed by atoms with E-state index in [0.717, 1.165) is 11.3 Å². The number of benzene rings is 1. The molecule has 1 unspecified atom stereocenters. The number of aromatic nitrogens is 2. The fourth-order valence-electron chi connectivity index (χ4n) is 3.71. The van der Waals surface area contributed by atoms with Gasteiger partial charge in [-0.3, -0.25) is 4.79 Å². The molecule has 0 radical (unpaired) electrons. The van der Waals surface area contributed by atoms with Crippen LogP contribution in [0.25, 0.3) is 0 Å². The van der Waals surface area contributed by atoms with Crippen molar-refractivity contribution in [1.29, 1.82) is 0 Å². The van der Waals surface area contributed by atoms with Gasteiger partial charge in [-0.1, -0.05) is 18.2 Å². The number of hydrogen-bond donors (Lipinski definition) is 1. The van der Waals surface area contributed by atoms with Crippen LogP contribution in [0, 0.1) is 6.92 Å². The first-order valence-electron chi connectivity index (χ1n) is 8.13. The summed E-state index contributed by atoms with van der Waals surface area (Å²) in [5.74, 6) is 0.664. The number of rotatable bonds is 2. The van der Waals surface area contributed by atoms with Crippen molar-refractivity contribution in [1.82, 2.24) is 9.97 Å². The predicted molar refractivity (Wildman–Crippen MR) is 91.7 cm³/mol. The number of hydrogen-bond acceptors (Lipinski definition) is 6. The van der Waals surface area contributed by atoms with Crippen LogP contribution in [0.5, 0.6) is 0 Å². The first kappa shape index (κ1) is 15.6. The van der Waals surface area contributed by atoms with Crippen molar-refractivity contribution in [3.63, 3.8) is 0 Å². The summed E-state index contributed by atoms with van der Waals surface area (Å²) in [5, 5.41) is 2.98. The van der Waals surface area contributed by atoms with Crippen LogP contribution >= 0.6 is 0 Å². The van der Waals surface area contributed by atoms with Crippen molar-refractivity contribution in [2.24, 2.45) is 0 Å². The summed E-state index contributed by atoms with van der Waals surface area (Å²) in [6, 6.07) is 9.42. The predicted octanol–water partition coefficient (Wildman–Crippen LogP) is 1.67. The molecule has 0 saturated carbocycles. The van der Waals surface area contributed by atoms with Gasteiger partial charge in [0.05, 0.1) is 12.5 Å². The third-order valence-electron chi connectivity index (χ3n) is 4.94. The molecule has 2 aliphatic heterocycles. The average Bonchev–Trinajstić information content (AvgIpc) is 3.18. The van der Waals surface area contributed by atoms with Crippen molar-refractivity contribution < 1.29 is 14.3 Å². The largest absolute Gasteiger partial charge is 0.464 e. The normalized spacial score (nSPS) is 21.4. The van der Waals surface area contributed by atoms with Crippen LogP contribution < -0.4 is 10.2 Å². The number of esters is 1. The highest BCUT2D eigenvalue weighted by Gasteiger charge is 2.51. The third kappa shape index (κ3) is 2.34. The van der Waals surface area contributed by atoms with Crippen molar-refractivity contribution in [3.8, 4) is 0 Å². The minimum absolute atomic E-state index is 0.0233. The molecular formula is C18H18N4O3. The molecule has 1 aromatic carbocycles. The van der Waals surface area contributed by atoms with Gasteiger partial charge in [0, 0.05) is 24.8 Å². The fourth-order valence-corrected chi connectivity index (χ4v) is 3.71. The standard InChI is InChI=1S/C18H18N4O3/c1-11-19-14(16(23)25-2)9-15(20-11)22-8-7-18(10-22)12-5-3-4-6-13(12)21-17(18)24/h3-6,9H,7-8,10H2,1-2H3,(H,21,24). The Labute approximate surface area is 145 Å². The Morgan fingerprint density at radius 2 is 2.12 bits per heavy atom. The van der Waals surface area contributed by atoms with Crippen LogP contribution in [-0.4, -0.2) is 42.0 Å². The Bertz CT molecular complexity index is 882. The number of nitrogens with one attached hydrogen (secondary N) is 1. The molecule has 1 fully saturated rings. The minimum Gasteiger partial charge on any atom is -0.464 e. The molecule has 0 aliphatic carbocycles. The Balaban J connectivity index is 1.69. The van der Waals surface area contributed by atoms with Crippen LogP contribution in [-0.2, 0) is 14.9 Å². The summed E-state index contributed by atoms with van der Waals surface area (Å²) in [5.41, 5.74) is 1.56. The number of anilines is 2. The van der Waals surface area contributed by atoms with Crippen molar-refractivity contribution in [2.75, 3.05) is 30.4 Å². The van der Waals surface area contributed by atoms with Crippen LogP contribution in [0.4, 0.5) is 11.5 Å². The van der Waals surface area contributed by atoms with Gasteiger partial charge in [0.15, 0.2) is 5.69 Å². The molecule has 1 atom stereocenters. The van der Waals surface area contributed by atoms with E-state index in [9.17, 15) is 9.59 Å². The minimum atomic E-state index is -0.569. The van der Waals surface area contributed by atoms with Crippen LogP contribution in [0.15, 0.2) is 30.3 Å². The highest BCUT2D eigenvalue weighted by molar-refractivity contribution is 6.07. The Morgan fingerprint density at radius 3 is 2.92 bits per heavy atom. The Kier molecular flexibility index (Phi) is 3.45. The lowest BCUT2D eigenvalue weighted by Gasteiger charge is -2.23. The van der Waals surface area contributed by atoms with E-state index in [-0.39, 0.29) is 11.6 Å². The number of ether oxygens (including phenoxy) is 1. The maximum absolute atomic E-state index is 12.7. The molecule has 4 rings (SSSR count). The van der Waals surface area contributed by atoms with Gasteiger partial charge >= 0.3 is 5.97 Å². The van der Waals surface area contributed by atoms with Gasteiger partial charge in [0.1, 0.15) is 11.6 Å². The molecule has 1 aromatic heterocycles. The van der Waals surface area contributed by atoms with Gasteiger partial charge in [-0.15, -0.1) is 0 Å². The average molecular weight is 338 g/mol. The van der Waals surface area contributed by atoms with Gasteiger partial charge < -0.3 is 15.0 Å². The van der Waals surface area contributed by atoms with E-state index in [4.69, 9.17) is 4.74 Å². The maximum Gasteiger partial charge on any atom is 0.356 e. The zero-order chi connectivity index (χ0) is 17.6. The number of fused-ring (bicyclic) bond motifs is 2. The van der Waals surface area contributed by atoms with Crippen LogP contribution in [0.1, 0.15) is 28.3 Å². The third-order valence-corrected chi connectivity index (χ3v) is 4.94. The van der Waals surface area contributed by atoms with Crippen molar-refractivity contribution >= 4 is 23.4 Å². The molecule has 25 heavy (non-hydrogen) atoms. The summed E-state index contributed by atoms with van der Waals surface area (Å²) < 4.78 is 4.75. The van der Waals surface area contributed by atoms with Crippen molar-refractivity contribution in [2.45, 2.75) is 18.8 Å². The van der Waals surface area contributed by atoms with E-state index in [1.165, 1.54) is 7.11 Å². The molecule has 2 aliphatic rings. The smallest absolute Gasteiger partial charge is 0.356 e. The number of para-hydroxylation sites is 1. The summed E-state index contributed by atoms with van der Waals surface area (Å²) in [6.45, 7) is 2.94. The first-order valence-corrected chi connectivity index (χ1v) is 8.13. The van der Waals surface area contributed by atoms with E-state index >= 15 is 0 Å². The van der Waals surface area contributed by atoms with Crippen molar-refractivity contribution in [3.05, 3.63) is 47.4 Å². The molecular weight excluding hydrogens is 320 g/mol. The number of methoxy groups -OCH3 is 1. The number of carbonyl (C=O) groups is 2. The molecule has 1 spiro atoms. The summed E-state index contributed by atoms with van der Waals surface area (Å²) in [7, 11) is 1.32. The second-order valence-corrected chi connectivity index (χ2v) is 6.40. The number of nitrogens with zero attached hydrogens (tertiary/aromatic N) is 3. The van der Waals surface area contributed by atoms with Gasteiger partial charge in [-0.2, -0.15) is 0 Å². The highest BCUT2D eigenvalue weighted by Crippen LogP contribution is 2.44. The summed E-state index contributed by atoms with van der Waals surface area (Å²) in [4.78, 5) is 35.1. The molecule has 2 aromatic rings.